The van der Waals surface area contributed by atoms with E-state index in [1.165, 1.54) is 18.2 Å². The summed E-state index contributed by atoms with van der Waals surface area (Å²) in [5, 5.41) is 0. The van der Waals surface area contributed by atoms with Gasteiger partial charge in [-0.05, 0) is 55.7 Å². The van der Waals surface area contributed by atoms with E-state index in [0.29, 0.717) is 19.6 Å². The summed E-state index contributed by atoms with van der Waals surface area (Å²) in [4.78, 5) is 24.5. The predicted octanol–water partition coefficient (Wildman–Crippen LogP) is 7.60. The number of hydrogen-bond donors (Lipinski definition) is 0. The lowest BCUT2D eigenvalue weighted by Crippen LogP contribution is -2.57. The van der Waals surface area contributed by atoms with Crippen molar-refractivity contribution >= 4 is 20.3 Å². The fourth-order valence-electron chi connectivity index (χ4n) is 5.41. The van der Waals surface area contributed by atoms with E-state index in [9.17, 15) is 9.59 Å². The van der Waals surface area contributed by atoms with Crippen LogP contribution in [0, 0.1) is 5.92 Å². The van der Waals surface area contributed by atoms with Crippen LogP contribution >= 0.6 is 0 Å². The molecule has 0 unspecified atom stereocenters. The van der Waals surface area contributed by atoms with Gasteiger partial charge in [-0.25, -0.2) is 4.79 Å². The third-order valence-electron chi connectivity index (χ3n) is 7.32. The number of esters is 1. The van der Waals surface area contributed by atoms with Crippen LogP contribution in [0.1, 0.15) is 51.0 Å². The van der Waals surface area contributed by atoms with Crippen molar-refractivity contribution in [3.8, 4) is 11.1 Å². The van der Waals surface area contributed by atoms with Crippen LogP contribution in [0.2, 0.25) is 19.6 Å². The lowest BCUT2D eigenvalue weighted by Gasteiger charge is -2.41. The van der Waals surface area contributed by atoms with Crippen molar-refractivity contribution in [1.29, 1.82) is 0 Å². The number of carbonyl (C=O) groups excluding carboxylic acids is 2. The van der Waals surface area contributed by atoms with Gasteiger partial charge in [0.25, 0.3) is 0 Å². The molecule has 0 aliphatic heterocycles. The van der Waals surface area contributed by atoms with Gasteiger partial charge < -0.3 is 18.8 Å². The molecular formula is C32H45NO5Si. The molecule has 7 heteroatoms. The summed E-state index contributed by atoms with van der Waals surface area (Å²) >= 11 is 0. The van der Waals surface area contributed by atoms with Gasteiger partial charge in [-0.3, -0.25) is 4.79 Å². The van der Waals surface area contributed by atoms with Gasteiger partial charge in [0.05, 0.1) is 26.4 Å². The lowest BCUT2D eigenvalue weighted by molar-refractivity contribution is -0.140. The van der Waals surface area contributed by atoms with E-state index < -0.39 is 8.24 Å². The van der Waals surface area contributed by atoms with Gasteiger partial charge in [0.2, 0.25) is 0 Å². The number of hydrogen-bond acceptors (Lipinski definition) is 5. The largest absolute Gasteiger partial charge is 0.469 e. The minimum atomic E-state index is -2.00. The number of benzene rings is 2. The average Bonchev–Trinajstić information content (AvgIpc) is 3.31. The highest BCUT2D eigenvalue weighted by molar-refractivity contribution is 6.75. The molecule has 0 N–H and O–H groups in total. The van der Waals surface area contributed by atoms with E-state index in [0.717, 1.165) is 37.7 Å². The second kappa shape index (κ2) is 15.0. The molecule has 0 saturated heterocycles. The van der Waals surface area contributed by atoms with E-state index in [1.54, 1.807) is 0 Å². The Balaban J connectivity index is 1.70. The van der Waals surface area contributed by atoms with Crippen LogP contribution in [0.5, 0.6) is 0 Å². The van der Waals surface area contributed by atoms with E-state index in [4.69, 9.17) is 14.2 Å². The van der Waals surface area contributed by atoms with E-state index in [2.05, 4.69) is 84.9 Å². The van der Waals surface area contributed by atoms with Gasteiger partial charge in [-0.1, -0.05) is 86.4 Å². The number of unbranched alkanes of at least 4 members (excludes halogenated alkanes) is 1. The van der Waals surface area contributed by atoms with Gasteiger partial charge in [-0.15, -0.1) is 0 Å². The smallest absolute Gasteiger partial charge is 0.401 e. The molecule has 0 heterocycles. The molecule has 0 bridgehead atoms. The first-order valence-corrected chi connectivity index (χ1v) is 17.6. The highest BCUT2D eigenvalue weighted by Gasteiger charge is 2.45. The van der Waals surface area contributed by atoms with Crippen LogP contribution in [0.25, 0.3) is 11.1 Å². The van der Waals surface area contributed by atoms with Gasteiger partial charge in [0.1, 0.15) is 0 Å². The Labute approximate surface area is 235 Å². The molecule has 39 heavy (non-hydrogen) atoms. The summed E-state index contributed by atoms with van der Waals surface area (Å²) in [6.07, 6.45) is 8.83. The molecule has 1 saturated carbocycles. The van der Waals surface area contributed by atoms with Crippen LogP contribution < -0.4 is 0 Å². The Hall–Kier alpha value is -2.90. The molecule has 1 fully saturated rings. The number of carbonyl (C=O) groups is 2. The Kier molecular flexibility index (Phi) is 11.8. The van der Waals surface area contributed by atoms with Gasteiger partial charge in [-0.2, -0.15) is 0 Å². The zero-order valence-corrected chi connectivity index (χ0v) is 25.2. The summed E-state index contributed by atoms with van der Waals surface area (Å²) in [5.41, 5.74) is 3.53. The fraction of sp³-hybridized carbons (Fsp3) is 0.500. The highest BCUT2D eigenvalue weighted by atomic mass is 28.3. The zero-order chi connectivity index (χ0) is 28.3. The minimum Gasteiger partial charge on any atom is -0.469 e. The molecule has 2 aromatic rings. The molecular weight excluding hydrogens is 506 g/mol. The number of amides is 1. The summed E-state index contributed by atoms with van der Waals surface area (Å²) in [5.74, 6) is 0.00585. The standard InChI is InChI=1S/C32H45NO5Si/c1-6-37-32(35)33(39(3,4)5)29-22-23-30(28(29)16-12-7-8-13-17-31(34)36-2)38-24-25-18-20-27(21-19-25)26-14-10-9-11-15-26/h7,9-12,14-15,18-21,28-30H,6,8,13,16-17,22-24H2,1-5H3/b12-7-/t28-,29+,30+/m1/s1. The molecule has 2 aromatic carbocycles. The number of methoxy groups -OCH3 is 1. The number of nitrogens with zero attached hydrogens (tertiary/aromatic N) is 1. The van der Waals surface area contributed by atoms with Crippen LogP contribution in [-0.2, 0) is 25.6 Å². The summed E-state index contributed by atoms with van der Waals surface area (Å²) in [7, 11) is -0.577. The first-order valence-electron chi connectivity index (χ1n) is 14.2. The maximum Gasteiger partial charge on any atom is 0.401 e. The van der Waals surface area contributed by atoms with Crippen molar-refractivity contribution < 1.29 is 23.8 Å². The van der Waals surface area contributed by atoms with Crippen molar-refractivity contribution in [2.24, 2.45) is 5.92 Å². The average molecular weight is 552 g/mol. The Morgan fingerprint density at radius 2 is 1.67 bits per heavy atom. The second-order valence-electron chi connectivity index (χ2n) is 11.1. The zero-order valence-electron chi connectivity index (χ0n) is 24.2. The van der Waals surface area contributed by atoms with E-state index >= 15 is 0 Å². The molecule has 1 aliphatic rings. The van der Waals surface area contributed by atoms with Crippen molar-refractivity contribution in [2.45, 2.75) is 83.8 Å². The number of allylic oxidation sites excluding steroid dienone is 2. The molecule has 0 spiro atoms. The minimum absolute atomic E-state index is 0.0526. The third-order valence-corrected chi connectivity index (χ3v) is 9.28. The highest BCUT2D eigenvalue weighted by Crippen LogP contribution is 2.38. The van der Waals surface area contributed by atoms with Gasteiger partial charge in [0.15, 0.2) is 8.24 Å². The van der Waals surface area contributed by atoms with Crippen LogP contribution in [0.3, 0.4) is 0 Å². The molecule has 1 aliphatic carbocycles. The summed E-state index contributed by atoms with van der Waals surface area (Å²) in [6, 6.07) is 19.0. The molecule has 3 atom stereocenters. The van der Waals surface area contributed by atoms with Crippen molar-refractivity contribution in [1.82, 2.24) is 4.57 Å². The van der Waals surface area contributed by atoms with Crippen LogP contribution in [0.15, 0.2) is 66.7 Å². The lowest BCUT2D eigenvalue weighted by atomic mass is 9.96. The van der Waals surface area contributed by atoms with Crippen molar-refractivity contribution in [3.05, 3.63) is 72.3 Å². The maximum absolute atomic E-state index is 13.1. The summed E-state index contributed by atoms with van der Waals surface area (Å²) in [6.45, 7) is 9.37. The fourth-order valence-corrected chi connectivity index (χ4v) is 7.34. The predicted molar refractivity (Wildman–Crippen MR) is 159 cm³/mol. The second-order valence-corrected chi connectivity index (χ2v) is 16.0. The molecule has 6 nitrogen and oxygen atoms in total. The van der Waals surface area contributed by atoms with E-state index in [-0.39, 0.29) is 30.1 Å². The van der Waals surface area contributed by atoms with Crippen molar-refractivity contribution in [3.63, 3.8) is 0 Å². The maximum atomic E-state index is 13.1. The number of rotatable bonds is 13. The van der Waals surface area contributed by atoms with Crippen LogP contribution in [-0.4, -0.2) is 50.7 Å². The monoisotopic (exact) mass is 551 g/mol. The van der Waals surface area contributed by atoms with E-state index in [1.807, 2.05) is 13.0 Å². The topological polar surface area (TPSA) is 65.1 Å². The Morgan fingerprint density at radius 3 is 2.31 bits per heavy atom. The normalized spacial score (nSPS) is 19.3. The molecule has 212 valence electrons. The first kappa shape index (κ1) is 30.6. The molecule has 3 rings (SSSR count). The quantitative estimate of drug-likeness (QED) is 0.111. The third kappa shape index (κ3) is 9.07. The molecule has 0 aromatic heterocycles. The van der Waals surface area contributed by atoms with Gasteiger partial charge >= 0.3 is 12.1 Å². The van der Waals surface area contributed by atoms with Crippen LogP contribution in [0.4, 0.5) is 4.79 Å². The Bertz CT molecular complexity index is 1060. The molecule has 1 amide bonds. The molecule has 0 radical (unpaired) electrons. The summed E-state index contributed by atoms with van der Waals surface area (Å²) < 4.78 is 18.9. The number of ether oxygens (including phenoxy) is 3. The van der Waals surface area contributed by atoms with Gasteiger partial charge in [0, 0.05) is 18.4 Å². The Morgan fingerprint density at radius 1 is 0.974 bits per heavy atom. The SMILES string of the molecule is CCOC(=O)N([C@H]1CC[C@H](OCc2ccc(-c3ccccc3)cc2)[C@@H]1C/C=C\CCCC(=O)OC)[Si](C)(C)C. The first-order chi connectivity index (χ1) is 18.7. The van der Waals surface area contributed by atoms with Crippen molar-refractivity contribution in [2.75, 3.05) is 13.7 Å².